The molecule has 0 aromatic heterocycles. The van der Waals surface area contributed by atoms with Crippen molar-refractivity contribution in [2.45, 2.75) is 6.92 Å². The first-order valence-corrected chi connectivity index (χ1v) is 4.11. The largest absolute Gasteiger partial charge is 0.426 e. The van der Waals surface area contributed by atoms with Gasteiger partial charge in [-0.15, -0.1) is 0 Å². The van der Waals surface area contributed by atoms with Crippen LogP contribution in [0.2, 0.25) is 0 Å². The van der Waals surface area contributed by atoms with Gasteiger partial charge in [0.25, 0.3) is 0 Å². The molecule has 1 aromatic carbocycles. The standard InChI is InChI=1S/C10H9ClO2/c1-7(11)9-5-3-4-6-10(9)13-8(2)12/h3-6H,1H2,2H3. The van der Waals surface area contributed by atoms with Crippen LogP contribution in [0.5, 0.6) is 5.75 Å². The van der Waals surface area contributed by atoms with E-state index in [0.29, 0.717) is 16.3 Å². The van der Waals surface area contributed by atoms with Gasteiger partial charge in [-0.1, -0.05) is 30.3 Å². The van der Waals surface area contributed by atoms with Crippen molar-refractivity contribution in [1.82, 2.24) is 0 Å². The van der Waals surface area contributed by atoms with Gasteiger partial charge in [0, 0.05) is 17.5 Å². The van der Waals surface area contributed by atoms with Crippen molar-refractivity contribution in [2.75, 3.05) is 0 Å². The number of carbonyl (C=O) groups excluding carboxylic acids is 1. The molecule has 0 heterocycles. The van der Waals surface area contributed by atoms with Gasteiger partial charge in [-0.05, 0) is 12.1 Å². The second-order valence-corrected chi connectivity index (χ2v) is 2.95. The molecular formula is C10H9ClO2. The van der Waals surface area contributed by atoms with E-state index in [9.17, 15) is 4.79 Å². The minimum atomic E-state index is -0.370. The van der Waals surface area contributed by atoms with Crippen molar-refractivity contribution >= 4 is 22.6 Å². The van der Waals surface area contributed by atoms with Crippen molar-refractivity contribution in [1.29, 1.82) is 0 Å². The smallest absolute Gasteiger partial charge is 0.308 e. The predicted octanol–water partition coefficient (Wildman–Crippen LogP) is 2.82. The lowest BCUT2D eigenvalue weighted by atomic mass is 10.2. The summed E-state index contributed by atoms with van der Waals surface area (Å²) in [7, 11) is 0. The third kappa shape index (κ3) is 2.60. The maximum Gasteiger partial charge on any atom is 0.308 e. The van der Waals surface area contributed by atoms with Crippen LogP contribution in [0, 0.1) is 0 Å². The first-order chi connectivity index (χ1) is 6.11. The molecule has 0 unspecified atom stereocenters. The minimum Gasteiger partial charge on any atom is -0.426 e. The summed E-state index contributed by atoms with van der Waals surface area (Å²) in [6.45, 7) is 4.91. The van der Waals surface area contributed by atoms with Crippen molar-refractivity contribution < 1.29 is 9.53 Å². The normalized spacial score (nSPS) is 9.38. The number of benzene rings is 1. The topological polar surface area (TPSA) is 26.3 Å². The van der Waals surface area contributed by atoms with E-state index in [1.807, 2.05) is 0 Å². The van der Waals surface area contributed by atoms with Gasteiger partial charge in [-0.2, -0.15) is 0 Å². The van der Waals surface area contributed by atoms with Gasteiger partial charge >= 0.3 is 5.97 Å². The Morgan fingerprint density at radius 1 is 1.46 bits per heavy atom. The lowest BCUT2D eigenvalue weighted by Crippen LogP contribution is -2.02. The molecule has 0 spiro atoms. The lowest BCUT2D eigenvalue weighted by Gasteiger charge is -2.06. The fourth-order valence-electron chi connectivity index (χ4n) is 0.935. The molecule has 1 rings (SSSR count). The van der Waals surface area contributed by atoms with E-state index >= 15 is 0 Å². The maximum absolute atomic E-state index is 10.7. The van der Waals surface area contributed by atoms with Crippen LogP contribution in [-0.4, -0.2) is 5.97 Å². The summed E-state index contributed by atoms with van der Waals surface area (Å²) in [6.07, 6.45) is 0. The number of halogens is 1. The van der Waals surface area contributed by atoms with E-state index in [0.717, 1.165) is 0 Å². The third-order valence-corrected chi connectivity index (χ3v) is 1.64. The molecule has 68 valence electrons. The van der Waals surface area contributed by atoms with Crippen LogP contribution >= 0.6 is 11.6 Å². The average Bonchev–Trinajstić information content (AvgIpc) is 2.03. The third-order valence-electron chi connectivity index (χ3n) is 1.43. The molecule has 0 aliphatic carbocycles. The van der Waals surface area contributed by atoms with Crippen LogP contribution in [0.25, 0.3) is 5.03 Å². The number of hydrogen-bond acceptors (Lipinski definition) is 2. The monoisotopic (exact) mass is 196 g/mol. The van der Waals surface area contributed by atoms with Crippen LogP contribution in [0.15, 0.2) is 30.8 Å². The van der Waals surface area contributed by atoms with E-state index < -0.39 is 0 Å². The number of esters is 1. The summed E-state index contributed by atoms with van der Waals surface area (Å²) < 4.78 is 4.92. The zero-order valence-corrected chi connectivity index (χ0v) is 7.97. The molecule has 0 amide bonds. The molecule has 0 saturated heterocycles. The lowest BCUT2D eigenvalue weighted by molar-refractivity contribution is -0.131. The summed E-state index contributed by atoms with van der Waals surface area (Å²) in [5.41, 5.74) is 0.638. The number of carbonyl (C=O) groups is 1. The zero-order valence-electron chi connectivity index (χ0n) is 7.21. The SMILES string of the molecule is C=C(Cl)c1ccccc1OC(C)=O. The summed E-state index contributed by atoms with van der Waals surface area (Å²) in [5.74, 6) is 0.0698. The Bertz CT molecular complexity index is 345. The van der Waals surface area contributed by atoms with Crippen molar-refractivity contribution in [3.05, 3.63) is 36.4 Å². The fraction of sp³-hybridized carbons (Fsp3) is 0.100. The molecule has 0 fully saturated rings. The highest BCUT2D eigenvalue weighted by molar-refractivity contribution is 6.48. The van der Waals surface area contributed by atoms with Crippen LogP contribution < -0.4 is 4.74 Å². The van der Waals surface area contributed by atoms with Crippen LogP contribution in [0.1, 0.15) is 12.5 Å². The summed E-state index contributed by atoms with van der Waals surface area (Å²) in [5, 5.41) is 0.358. The summed E-state index contributed by atoms with van der Waals surface area (Å²) in [4.78, 5) is 10.7. The Labute approximate surface area is 81.8 Å². The van der Waals surface area contributed by atoms with E-state index in [4.69, 9.17) is 16.3 Å². The Morgan fingerprint density at radius 3 is 2.62 bits per heavy atom. The number of para-hydroxylation sites is 1. The minimum absolute atomic E-state index is 0.358. The Morgan fingerprint density at radius 2 is 2.08 bits per heavy atom. The van der Waals surface area contributed by atoms with Crippen molar-refractivity contribution in [3.63, 3.8) is 0 Å². The molecular weight excluding hydrogens is 188 g/mol. The quantitative estimate of drug-likeness (QED) is 0.537. The average molecular weight is 197 g/mol. The second kappa shape index (κ2) is 4.10. The molecule has 13 heavy (non-hydrogen) atoms. The predicted molar refractivity (Wildman–Crippen MR) is 52.6 cm³/mol. The molecule has 0 atom stereocenters. The molecule has 1 aromatic rings. The van der Waals surface area contributed by atoms with Gasteiger partial charge < -0.3 is 4.74 Å². The van der Waals surface area contributed by atoms with Gasteiger partial charge in [0.15, 0.2) is 0 Å². The molecule has 0 N–H and O–H groups in total. The fourth-order valence-corrected chi connectivity index (χ4v) is 1.09. The van der Waals surface area contributed by atoms with E-state index in [2.05, 4.69) is 6.58 Å². The molecule has 0 radical (unpaired) electrons. The van der Waals surface area contributed by atoms with E-state index in [-0.39, 0.29) is 5.97 Å². The highest BCUT2D eigenvalue weighted by Crippen LogP contribution is 2.26. The van der Waals surface area contributed by atoms with Crippen molar-refractivity contribution in [2.24, 2.45) is 0 Å². The summed E-state index contributed by atoms with van der Waals surface area (Å²) in [6, 6.07) is 6.98. The molecule has 0 aliphatic heterocycles. The Hall–Kier alpha value is -1.28. The van der Waals surface area contributed by atoms with Crippen LogP contribution in [0.3, 0.4) is 0 Å². The number of hydrogen-bond donors (Lipinski definition) is 0. The number of ether oxygens (including phenoxy) is 1. The van der Waals surface area contributed by atoms with Crippen LogP contribution in [-0.2, 0) is 4.79 Å². The molecule has 0 aliphatic rings. The zero-order chi connectivity index (χ0) is 9.84. The molecule has 2 nitrogen and oxygen atoms in total. The van der Waals surface area contributed by atoms with Gasteiger partial charge in [0.2, 0.25) is 0 Å². The molecule has 0 bridgehead atoms. The first-order valence-electron chi connectivity index (χ1n) is 3.73. The Balaban J connectivity index is 3.04. The Kier molecular flexibility index (Phi) is 3.09. The first kappa shape index (κ1) is 9.81. The molecule has 3 heteroatoms. The van der Waals surface area contributed by atoms with Crippen LogP contribution in [0.4, 0.5) is 0 Å². The van der Waals surface area contributed by atoms with Gasteiger partial charge in [0.05, 0.1) is 0 Å². The number of rotatable bonds is 2. The van der Waals surface area contributed by atoms with E-state index in [1.54, 1.807) is 24.3 Å². The summed E-state index contributed by atoms with van der Waals surface area (Å²) >= 11 is 5.71. The second-order valence-electron chi connectivity index (χ2n) is 2.49. The van der Waals surface area contributed by atoms with Gasteiger partial charge in [-0.3, -0.25) is 4.79 Å². The highest BCUT2D eigenvalue weighted by Gasteiger charge is 2.06. The van der Waals surface area contributed by atoms with Gasteiger partial charge in [0.1, 0.15) is 5.75 Å². The maximum atomic E-state index is 10.7. The van der Waals surface area contributed by atoms with E-state index in [1.165, 1.54) is 6.92 Å². The molecule has 0 saturated carbocycles. The highest BCUT2D eigenvalue weighted by atomic mass is 35.5. The van der Waals surface area contributed by atoms with Crippen molar-refractivity contribution in [3.8, 4) is 5.75 Å². The van der Waals surface area contributed by atoms with Gasteiger partial charge in [-0.25, -0.2) is 0 Å².